The number of halogens is 1. The van der Waals surface area contributed by atoms with E-state index in [1.54, 1.807) is 13.1 Å². The van der Waals surface area contributed by atoms with Crippen LogP contribution in [-0.4, -0.2) is 20.4 Å². The molecule has 22 heavy (non-hydrogen) atoms. The monoisotopic (exact) mass is 302 g/mol. The predicted octanol–water partition coefficient (Wildman–Crippen LogP) is 1.62. The van der Waals surface area contributed by atoms with Gasteiger partial charge in [0.05, 0.1) is 12.4 Å². The molecular formula is C15H15FN4O2. The minimum atomic E-state index is -0.597. The van der Waals surface area contributed by atoms with Crippen LogP contribution in [0.5, 0.6) is 0 Å². The van der Waals surface area contributed by atoms with Crippen molar-refractivity contribution in [2.24, 2.45) is 7.05 Å². The molecule has 1 N–H and O–H groups in total. The van der Waals surface area contributed by atoms with E-state index in [4.69, 9.17) is 0 Å². The number of pyridine rings is 1. The molecule has 0 bridgehead atoms. The molecule has 0 radical (unpaired) electrons. The normalized spacial score (nSPS) is 16.4. The number of rotatable bonds is 2. The van der Waals surface area contributed by atoms with Crippen molar-refractivity contribution in [2.45, 2.75) is 25.7 Å². The minimum absolute atomic E-state index is 0.0398. The first-order valence-corrected chi connectivity index (χ1v) is 6.99. The molecule has 3 rings (SSSR count). The van der Waals surface area contributed by atoms with Crippen molar-refractivity contribution in [3.63, 3.8) is 0 Å². The topological polar surface area (TPSA) is 76.9 Å². The van der Waals surface area contributed by atoms with Crippen molar-refractivity contribution >= 4 is 11.9 Å². The molecule has 0 saturated carbocycles. The van der Waals surface area contributed by atoms with Crippen LogP contribution in [0.2, 0.25) is 0 Å². The van der Waals surface area contributed by atoms with Crippen LogP contribution in [0.4, 0.5) is 10.3 Å². The lowest BCUT2D eigenvalue weighted by Gasteiger charge is -2.11. The molecule has 1 atom stereocenters. The fourth-order valence-electron chi connectivity index (χ4n) is 2.75. The van der Waals surface area contributed by atoms with Crippen molar-refractivity contribution in [1.29, 1.82) is 0 Å². The number of anilines is 1. The van der Waals surface area contributed by atoms with Gasteiger partial charge in [0.15, 0.2) is 5.82 Å². The average Bonchev–Trinajstić information content (AvgIpc) is 2.86. The zero-order valence-electron chi connectivity index (χ0n) is 12.3. The Morgan fingerprint density at radius 2 is 2.09 bits per heavy atom. The third-order valence-electron chi connectivity index (χ3n) is 4.01. The highest BCUT2D eigenvalue weighted by Crippen LogP contribution is 2.31. The Bertz CT molecular complexity index is 798. The lowest BCUT2D eigenvalue weighted by atomic mass is 10.0. The maximum absolute atomic E-state index is 12.8. The summed E-state index contributed by atoms with van der Waals surface area (Å²) in [7, 11) is 1.67. The van der Waals surface area contributed by atoms with E-state index < -0.39 is 11.7 Å². The Kier molecular flexibility index (Phi) is 3.48. The van der Waals surface area contributed by atoms with Crippen LogP contribution in [-0.2, 0) is 13.5 Å². The molecule has 0 aliphatic heterocycles. The van der Waals surface area contributed by atoms with Gasteiger partial charge in [0.2, 0.25) is 5.95 Å². The molecule has 1 aliphatic carbocycles. The maximum Gasteiger partial charge on any atom is 0.263 e. The van der Waals surface area contributed by atoms with E-state index in [0.29, 0.717) is 5.92 Å². The van der Waals surface area contributed by atoms with E-state index in [1.807, 2.05) is 0 Å². The third kappa shape index (κ3) is 2.38. The van der Waals surface area contributed by atoms with E-state index >= 15 is 0 Å². The summed E-state index contributed by atoms with van der Waals surface area (Å²) < 4.78 is 14.3. The van der Waals surface area contributed by atoms with Crippen LogP contribution in [0.25, 0.3) is 0 Å². The van der Waals surface area contributed by atoms with E-state index in [1.165, 1.54) is 4.57 Å². The molecule has 114 valence electrons. The van der Waals surface area contributed by atoms with E-state index in [9.17, 15) is 14.0 Å². The Labute approximate surface area is 126 Å². The molecule has 1 aliphatic rings. The van der Waals surface area contributed by atoms with Crippen molar-refractivity contribution in [3.05, 3.63) is 51.5 Å². The minimum Gasteiger partial charge on any atom is -0.315 e. The maximum atomic E-state index is 12.8. The summed E-state index contributed by atoms with van der Waals surface area (Å²) in [5.41, 5.74) is 1.69. The number of fused-ring (bicyclic) bond motifs is 1. The van der Waals surface area contributed by atoms with Gasteiger partial charge in [-0.2, -0.15) is 0 Å². The van der Waals surface area contributed by atoms with Gasteiger partial charge in [0, 0.05) is 12.7 Å². The highest BCUT2D eigenvalue weighted by molar-refractivity contribution is 6.03. The number of nitrogens with zero attached hydrogens (tertiary/aromatic N) is 3. The van der Waals surface area contributed by atoms with Crippen molar-refractivity contribution in [2.75, 3.05) is 5.32 Å². The molecule has 0 fully saturated rings. The largest absolute Gasteiger partial charge is 0.315 e. The number of carbonyl (C=O) groups is 1. The number of nitrogens with one attached hydrogen (secondary N) is 1. The molecule has 0 unspecified atom stereocenters. The highest BCUT2D eigenvalue weighted by atomic mass is 19.1. The second-order valence-corrected chi connectivity index (χ2v) is 5.44. The number of amides is 1. The standard InChI is InChI=1S/C15H15FN4O2/c1-8-3-4-12-10(8)5-11(14(22)20(12)2)13(21)19-15-17-6-9(16)7-18-15/h5-8H,3-4H2,1-2H3,(H,17,18,19,21)/t8-/m0/s1. The van der Waals surface area contributed by atoms with Gasteiger partial charge in [-0.15, -0.1) is 0 Å². The molecule has 2 aromatic heterocycles. The molecule has 7 heteroatoms. The fraction of sp³-hybridized carbons (Fsp3) is 0.333. The zero-order chi connectivity index (χ0) is 15.9. The number of hydrogen-bond acceptors (Lipinski definition) is 4. The predicted molar refractivity (Wildman–Crippen MR) is 78.4 cm³/mol. The lowest BCUT2D eigenvalue weighted by Crippen LogP contribution is -2.30. The third-order valence-corrected chi connectivity index (χ3v) is 4.01. The highest BCUT2D eigenvalue weighted by Gasteiger charge is 2.25. The number of hydrogen-bond donors (Lipinski definition) is 1. The SMILES string of the molecule is C[C@H]1CCc2c1cc(C(=O)Nc1ncc(F)cn1)c(=O)n2C. The van der Waals surface area contributed by atoms with E-state index in [2.05, 4.69) is 22.2 Å². The average molecular weight is 302 g/mol. The fourth-order valence-corrected chi connectivity index (χ4v) is 2.75. The van der Waals surface area contributed by atoms with Gasteiger partial charge in [-0.3, -0.25) is 14.9 Å². The smallest absolute Gasteiger partial charge is 0.263 e. The van der Waals surface area contributed by atoms with Gasteiger partial charge in [-0.1, -0.05) is 6.92 Å². The summed E-state index contributed by atoms with van der Waals surface area (Å²) in [6, 6.07) is 1.65. The van der Waals surface area contributed by atoms with Crippen LogP contribution in [0.3, 0.4) is 0 Å². The van der Waals surface area contributed by atoms with Gasteiger partial charge in [-0.25, -0.2) is 14.4 Å². The van der Waals surface area contributed by atoms with E-state index in [0.717, 1.165) is 36.5 Å². The Morgan fingerprint density at radius 3 is 2.77 bits per heavy atom. The van der Waals surface area contributed by atoms with Gasteiger partial charge < -0.3 is 4.57 Å². The van der Waals surface area contributed by atoms with E-state index in [-0.39, 0.29) is 17.1 Å². The first kappa shape index (κ1) is 14.4. The van der Waals surface area contributed by atoms with Crippen LogP contribution in [0.1, 0.15) is 40.9 Å². The molecule has 0 saturated heterocycles. The Balaban J connectivity index is 1.96. The summed E-state index contributed by atoms with van der Waals surface area (Å²) in [5.74, 6) is -0.910. The van der Waals surface area contributed by atoms with Gasteiger partial charge in [-0.05, 0) is 30.4 Å². The van der Waals surface area contributed by atoms with Crippen molar-refractivity contribution in [3.8, 4) is 0 Å². The Hall–Kier alpha value is -2.57. The van der Waals surface area contributed by atoms with Crippen molar-refractivity contribution in [1.82, 2.24) is 14.5 Å². The summed E-state index contributed by atoms with van der Waals surface area (Å²) in [5, 5.41) is 2.42. The van der Waals surface area contributed by atoms with Gasteiger partial charge >= 0.3 is 0 Å². The summed E-state index contributed by atoms with van der Waals surface area (Å²) >= 11 is 0. The Morgan fingerprint density at radius 1 is 1.41 bits per heavy atom. The molecule has 2 heterocycles. The molecule has 6 nitrogen and oxygen atoms in total. The molecule has 2 aromatic rings. The first-order valence-electron chi connectivity index (χ1n) is 6.99. The molecular weight excluding hydrogens is 287 g/mol. The zero-order valence-corrected chi connectivity index (χ0v) is 12.3. The van der Waals surface area contributed by atoms with Gasteiger partial charge in [0.25, 0.3) is 11.5 Å². The molecule has 0 aromatic carbocycles. The van der Waals surface area contributed by atoms with Crippen LogP contribution in [0.15, 0.2) is 23.3 Å². The van der Waals surface area contributed by atoms with Crippen LogP contribution in [0, 0.1) is 5.82 Å². The summed E-state index contributed by atoms with van der Waals surface area (Å²) in [4.78, 5) is 31.9. The first-order chi connectivity index (χ1) is 10.5. The lowest BCUT2D eigenvalue weighted by molar-refractivity contribution is 0.102. The number of carbonyl (C=O) groups excluding carboxylic acids is 1. The summed E-state index contributed by atoms with van der Waals surface area (Å²) in [6.45, 7) is 2.07. The van der Waals surface area contributed by atoms with Crippen LogP contribution >= 0.6 is 0 Å². The summed E-state index contributed by atoms with van der Waals surface area (Å²) in [6.07, 6.45) is 3.71. The second kappa shape index (κ2) is 5.32. The number of aromatic nitrogens is 3. The second-order valence-electron chi connectivity index (χ2n) is 5.44. The van der Waals surface area contributed by atoms with Crippen LogP contribution < -0.4 is 10.9 Å². The molecule has 1 amide bonds. The van der Waals surface area contributed by atoms with Crippen molar-refractivity contribution < 1.29 is 9.18 Å². The molecule has 0 spiro atoms. The quantitative estimate of drug-likeness (QED) is 0.914. The van der Waals surface area contributed by atoms with Gasteiger partial charge in [0.1, 0.15) is 5.56 Å².